The van der Waals surface area contributed by atoms with Crippen molar-refractivity contribution in [3.05, 3.63) is 28.1 Å². The zero-order valence-electron chi connectivity index (χ0n) is 6.62. The van der Waals surface area contributed by atoms with Crippen LogP contribution in [0.2, 0.25) is 5.02 Å². The minimum atomic E-state index is -0.152. The fourth-order valence-corrected chi connectivity index (χ4v) is 2.36. The number of fused-ring (bicyclic) bond motifs is 1. The Morgan fingerprint density at radius 1 is 1.46 bits per heavy atom. The number of aliphatic hydroxyl groups is 1. The Labute approximate surface area is 84.0 Å². The van der Waals surface area contributed by atoms with Crippen LogP contribution in [0.15, 0.2) is 17.5 Å². The topological polar surface area (TPSA) is 40.5 Å². The number of benzene rings is 1. The molecule has 0 aliphatic rings. The van der Waals surface area contributed by atoms with Crippen molar-refractivity contribution in [1.29, 1.82) is 0 Å². The SMILES string of the molecule is OCc1c(Cl)c(O)cc2sccc12. The molecule has 1 aromatic heterocycles. The summed E-state index contributed by atoms with van der Waals surface area (Å²) < 4.78 is 0.936. The average molecular weight is 215 g/mol. The Morgan fingerprint density at radius 2 is 2.23 bits per heavy atom. The molecular weight excluding hydrogens is 208 g/mol. The molecule has 0 aliphatic heterocycles. The van der Waals surface area contributed by atoms with Gasteiger partial charge >= 0.3 is 0 Å². The van der Waals surface area contributed by atoms with Gasteiger partial charge in [0.2, 0.25) is 0 Å². The molecule has 0 saturated carbocycles. The Bertz CT molecular complexity index is 450. The molecule has 0 bridgehead atoms. The molecule has 1 heterocycles. The predicted molar refractivity (Wildman–Crippen MR) is 54.4 cm³/mol. The minimum absolute atomic E-state index is 0.0284. The van der Waals surface area contributed by atoms with Crippen LogP contribution in [0.25, 0.3) is 10.1 Å². The van der Waals surface area contributed by atoms with Crippen molar-refractivity contribution in [1.82, 2.24) is 0 Å². The van der Waals surface area contributed by atoms with Crippen molar-refractivity contribution in [2.24, 2.45) is 0 Å². The van der Waals surface area contributed by atoms with Crippen LogP contribution in [0.1, 0.15) is 5.56 Å². The third-order valence-corrected chi connectivity index (χ3v) is 3.22. The third-order valence-electron chi connectivity index (χ3n) is 1.94. The molecule has 0 radical (unpaired) electrons. The molecule has 0 spiro atoms. The van der Waals surface area contributed by atoms with E-state index in [0.29, 0.717) is 5.56 Å². The Morgan fingerprint density at radius 3 is 2.92 bits per heavy atom. The van der Waals surface area contributed by atoms with Crippen LogP contribution in [0, 0.1) is 0 Å². The van der Waals surface area contributed by atoms with Crippen molar-refractivity contribution < 1.29 is 10.2 Å². The van der Waals surface area contributed by atoms with E-state index in [2.05, 4.69) is 0 Å². The molecule has 0 atom stereocenters. The van der Waals surface area contributed by atoms with E-state index < -0.39 is 0 Å². The van der Waals surface area contributed by atoms with Crippen molar-refractivity contribution in [3.63, 3.8) is 0 Å². The molecular formula is C9H7ClO2S. The summed E-state index contributed by atoms with van der Waals surface area (Å²) in [7, 11) is 0. The van der Waals surface area contributed by atoms with Gasteiger partial charge in [-0.2, -0.15) is 0 Å². The van der Waals surface area contributed by atoms with E-state index in [4.69, 9.17) is 16.7 Å². The highest BCUT2D eigenvalue weighted by Crippen LogP contribution is 2.36. The smallest absolute Gasteiger partial charge is 0.135 e. The summed E-state index contributed by atoms with van der Waals surface area (Å²) >= 11 is 7.33. The maximum atomic E-state index is 9.41. The van der Waals surface area contributed by atoms with Crippen molar-refractivity contribution in [3.8, 4) is 5.75 Å². The lowest BCUT2D eigenvalue weighted by Gasteiger charge is -2.04. The van der Waals surface area contributed by atoms with E-state index in [1.807, 2.05) is 11.4 Å². The average Bonchev–Trinajstić information content (AvgIpc) is 2.54. The number of halogens is 1. The number of hydrogen-bond acceptors (Lipinski definition) is 3. The number of phenolic OH excluding ortho intramolecular Hbond substituents is 1. The van der Waals surface area contributed by atoms with Gasteiger partial charge in [-0.25, -0.2) is 0 Å². The number of aromatic hydroxyl groups is 1. The number of aliphatic hydroxyl groups excluding tert-OH is 1. The standard InChI is InChI=1S/C9H7ClO2S/c10-9-6(4-11)5-1-2-13-8(5)3-7(9)12/h1-3,11-12H,4H2. The fraction of sp³-hybridized carbons (Fsp3) is 0.111. The molecule has 13 heavy (non-hydrogen) atoms. The van der Waals surface area contributed by atoms with Crippen molar-refractivity contribution >= 4 is 33.0 Å². The summed E-state index contributed by atoms with van der Waals surface area (Å²) in [6.45, 7) is -0.152. The van der Waals surface area contributed by atoms with Gasteiger partial charge in [0.15, 0.2) is 0 Å². The first-order valence-corrected chi connectivity index (χ1v) is 4.98. The number of phenols is 1. The summed E-state index contributed by atoms with van der Waals surface area (Å²) in [6, 6.07) is 3.50. The summed E-state index contributed by atoms with van der Waals surface area (Å²) in [5.74, 6) is 0.0284. The van der Waals surface area contributed by atoms with Gasteiger partial charge in [-0.05, 0) is 22.9 Å². The van der Waals surface area contributed by atoms with Gasteiger partial charge in [-0.3, -0.25) is 0 Å². The van der Waals surface area contributed by atoms with Crippen molar-refractivity contribution in [2.45, 2.75) is 6.61 Å². The Hall–Kier alpha value is -0.770. The second-order valence-electron chi connectivity index (χ2n) is 2.68. The first kappa shape index (κ1) is 8.81. The fourth-order valence-electron chi connectivity index (χ4n) is 1.30. The lowest BCUT2D eigenvalue weighted by molar-refractivity contribution is 0.283. The molecule has 0 fully saturated rings. The molecule has 2 N–H and O–H groups in total. The van der Waals surface area contributed by atoms with E-state index in [-0.39, 0.29) is 17.4 Å². The van der Waals surface area contributed by atoms with E-state index in [9.17, 15) is 5.11 Å². The second-order valence-corrected chi connectivity index (χ2v) is 4.00. The van der Waals surface area contributed by atoms with Crippen LogP contribution in [0.4, 0.5) is 0 Å². The maximum Gasteiger partial charge on any atom is 0.135 e. The lowest BCUT2D eigenvalue weighted by Crippen LogP contribution is -1.85. The summed E-state index contributed by atoms with van der Waals surface area (Å²) in [5.41, 5.74) is 0.595. The first-order valence-electron chi connectivity index (χ1n) is 3.72. The zero-order valence-corrected chi connectivity index (χ0v) is 8.19. The molecule has 0 amide bonds. The largest absolute Gasteiger partial charge is 0.506 e. The van der Waals surface area contributed by atoms with Crippen LogP contribution >= 0.6 is 22.9 Å². The van der Waals surface area contributed by atoms with E-state index >= 15 is 0 Å². The molecule has 0 unspecified atom stereocenters. The molecule has 2 rings (SSSR count). The van der Waals surface area contributed by atoms with Gasteiger partial charge in [0.1, 0.15) is 5.75 Å². The van der Waals surface area contributed by atoms with Gasteiger partial charge in [-0.1, -0.05) is 11.6 Å². The quantitative estimate of drug-likeness (QED) is 0.767. The molecule has 4 heteroatoms. The molecule has 2 aromatic rings. The van der Waals surface area contributed by atoms with E-state index in [1.165, 1.54) is 11.3 Å². The highest BCUT2D eigenvalue weighted by molar-refractivity contribution is 7.17. The normalized spacial score (nSPS) is 10.9. The Balaban J connectivity index is 2.87. The predicted octanol–water partition coefficient (Wildman–Crippen LogP) is 2.75. The van der Waals surface area contributed by atoms with Crippen LogP contribution < -0.4 is 0 Å². The monoisotopic (exact) mass is 214 g/mol. The van der Waals surface area contributed by atoms with Gasteiger partial charge in [0, 0.05) is 10.3 Å². The van der Waals surface area contributed by atoms with Crippen LogP contribution in [0.3, 0.4) is 0 Å². The van der Waals surface area contributed by atoms with Gasteiger partial charge in [0.05, 0.1) is 11.6 Å². The van der Waals surface area contributed by atoms with E-state index in [1.54, 1.807) is 6.07 Å². The van der Waals surface area contributed by atoms with Crippen LogP contribution in [-0.4, -0.2) is 10.2 Å². The van der Waals surface area contributed by atoms with Crippen LogP contribution in [0.5, 0.6) is 5.75 Å². The highest BCUT2D eigenvalue weighted by atomic mass is 35.5. The molecule has 68 valence electrons. The zero-order chi connectivity index (χ0) is 9.42. The molecule has 1 aromatic carbocycles. The summed E-state index contributed by atoms with van der Waals surface area (Å²) in [5, 5.41) is 21.5. The number of rotatable bonds is 1. The lowest BCUT2D eigenvalue weighted by atomic mass is 10.1. The summed E-state index contributed by atoms with van der Waals surface area (Å²) in [6.07, 6.45) is 0. The third kappa shape index (κ3) is 1.29. The number of hydrogen-bond donors (Lipinski definition) is 2. The van der Waals surface area contributed by atoms with Crippen molar-refractivity contribution in [2.75, 3.05) is 0 Å². The minimum Gasteiger partial charge on any atom is -0.506 e. The van der Waals surface area contributed by atoms with Gasteiger partial charge < -0.3 is 10.2 Å². The first-order chi connectivity index (χ1) is 6.24. The van der Waals surface area contributed by atoms with Gasteiger partial charge in [-0.15, -0.1) is 11.3 Å². The maximum absolute atomic E-state index is 9.41. The Kier molecular flexibility index (Phi) is 2.15. The van der Waals surface area contributed by atoms with Crippen LogP contribution in [-0.2, 0) is 6.61 Å². The molecule has 2 nitrogen and oxygen atoms in total. The highest BCUT2D eigenvalue weighted by Gasteiger charge is 2.10. The van der Waals surface area contributed by atoms with E-state index in [0.717, 1.165) is 10.1 Å². The molecule has 0 saturated heterocycles. The van der Waals surface area contributed by atoms with Gasteiger partial charge in [0.25, 0.3) is 0 Å². The number of thiophene rings is 1. The second kappa shape index (κ2) is 3.18. The molecule has 0 aliphatic carbocycles. The summed E-state index contributed by atoms with van der Waals surface area (Å²) in [4.78, 5) is 0.